The van der Waals surface area contributed by atoms with E-state index in [1.807, 2.05) is 6.92 Å². The van der Waals surface area contributed by atoms with Gasteiger partial charge in [0.1, 0.15) is 0 Å². The number of aromatic nitrogens is 2. The summed E-state index contributed by atoms with van der Waals surface area (Å²) in [6, 6.07) is 0. The van der Waals surface area contributed by atoms with Gasteiger partial charge in [-0.15, -0.1) is 0 Å². The fourth-order valence-corrected chi connectivity index (χ4v) is 2.08. The number of aromatic amines is 1. The van der Waals surface area contributed by atoms with Gasteiger partial charge in [-0.25, -0.2) is 5.10 Å². The number of carbonyl (C=O) groups is 1. The van der Waals surface area contributed by atoms with Crippen LogP contribution in [0.1, 0.15) is 31.0 Å². The molecule has 98 valence electrons. The Bertz CT molecular complexity index is 495. The van der Waals surface area contributed by atoms with Crippen LogP contribution >= 0.6 is 0 Å². The molecule has 1 aromatic rings. The van der Waals surface area contributed by atoms with Crippen LogP contribution < -0.4 is 16.2 Å². The number of hydrogen-bond donors (Lipinski definition) is 3. The predicted octanol–water partition coefficient (Wildman–Crippen LogP) is 0.197. The molecule has 0 atom stereocenters. The van der Waals surface area contributed by atoms with E-state index in [0.717, 1.165) is 36.3 Å². The summed E-state index contributed by atoms with van der Waals surface area (Å²) in [5.41, 5.74) is 2.35. The van der Waals surface area contributed by atoms with Crippen molar-refractivity contribution in [3.05, 3.63) is 21.6 Å². The number of rotatable bonds is 4. The average Bonchev–Trinajstić information content (AvgIpc) is 2.41. The van der Waals surface area contributed by atoms with E-state index in [4.69, 9.17) is 0 Å². The van der Waals surface area contributed by atoms with E-state index in [1.165, 1.54) is 0 Å². The van der Waals surface area contributed by atoms with Gasteiger partial charge >= 0.3 is 0 Å². The van der Waals surface area contributed by atoms with Crippen LogP contribution in [-0.2, 0) is 17.6 Å². The van der Waals surface area contributed by atoms with E-state index >= 15 is 0 Å². The Morgan fingerprint density at radius 1 is 1.50 bits per heavy atom. The first-order valence-electron chi connectivity index (χ1n) is 6.33. The Morgan fingerprint density at radius 2 is 2.33 bits per heavy atom. The Morgan fingerprint density at radius 3 is 3.11 bits per heavy atom. The minimum absolute atomic E-state index is 0.0289. The van der Waals surface area contributed by atoms with Gasteiger partial charge in [0, 0.05) is 31.5 Å². The van der Waals surface area contributed by atoms with Gasteiger partial charge in [-0.05, 0) is 12.8 Å². The van der Waals surface area contributed by atoms with Crippen molar-refractivity contribution in [2.75, 3.05) is 18.4 Å². The van der Waals surface area contributed by atoms with E-state index in [2.05, 4.69) is 20.8 Å². The molecule has 2 rings (SSSR count). The second-order valence-electron chi connectivity index (χ2n) is 4.34. The SMILES string of the molecule is CCC(=O)NCCc1n[nH]c(=O)c2c1NCCC2. The minimum atomic E-state index is -0.112. The zero-order chi connectivity index (χ0) is 13.0. The number of carbonyl (C=O) groups excluding carboxylic acids is 1. The second-order valence-corrected chi connectivity index (χ2v) is 4.34. The largest absolute Gasteiger partial charge is 0.383 e. The molecule has 1 amide bonds. The number of anilines is 1. The van der Waals surface area contributed by atoms with Crippen molar-refractivity contribution in [2.45, 2.75) is 32.6 Å². The van der Waals surface area contributed by atoms with Crippen LogP contribution in [0.3, 0.4) is 0 Å². The number of hydrogen-bond acceptors (Lipinski definition) is 4. The maximum absolute atomic E-state index is 11.6. The van der Waals surface area contributed by atoms with Gasteiger partial charge in [0.05, 0.1) is 11.4 Å². The molecule has 6 heteroatoms. The molecule has 18 heavy (non-hydrogen) atoms. The maximum atomic E-state index is 11.6. The van der Waals surface area contributed by atoms with Crippen LogP contribution in [0.4, 0.5) is 5.69 Å². The zero-order valence-electron chi connectivity index (χ0n) is 10.5. The molecule has 0 fully saturated rings. The van der Waals surface area contributed by atoms with E-state index in [9.17, 15) is 9.59 Å². The summed E-state index contributed by atoms with van der Waals surface area (Å²) in [6.45, 7) is 3.23. The molecule has 0 radical (unpaired) electrons. The lowest BCUT2D eigenvalue weighted by molar-refractivity contribution is -0.120. The second kappa shape index (κ2) is 5.66. The molecule has 3 N–H and O–H groups in total. The van der Waals surface area contributed by atoms with Crippen molar-refractivity contribution >= 4 is 11.6 Å². The lowest BCUT2D eigenvalue weighted by atomic mass is 10.0. The van der Waals surface area contributed by atoms with Crippen molar-refractivity contribution in [1.29, 1.82) is 0 Å². The van der Waals surface area contributed by atoms with Crippen LogP contribution in [0.25, 0.3) is 0 Å². The summed E-state index contributed by atoms with van der Waals surface area (Å²) in [6.07, 6.45) is 2.86. The molecule has 1 aliphatic rings. The number of amides is 1. The van der Waals surface area contributed by atoms with Crippen molar-refractivity contribution in [1.82, 2.24) is 15.5 Å². The molecule has 0 aromatic carbocycles. The van der Waals surface area contributed by atoms with Crippen molar-refractivity contribution < 1.29 is 4.79 Å². The molecule has 1 aliphatic heterocycles. The van der Waals surface area contributed by atoms with Crippen molar-refractivity contribution in [2.24, 2.45) is 0 Å². The van der Waals surface area contributed by atoms with Gasteiger partial charge in [0.15, 0.2) is 0 Å². The highest BCUT2D eigenvalue weighted by atomic mass is 16.1. The number of nitrogens with one attached hydrogen (secondary N) is 3. The highest BCUT2D eigenvalue weighted by Crippen LogP contribution is 2.20. The van der Waals surface area contributed by atoms with Crippen molar-refractivity contribution in [3.8, 4) is 0 Å². The van der Waals surface area contributed by atoms with Crippen molar-refractivity contribution in [3.63, 3.8) is 0 Å². The van der Waals surface area contributed by atoms with Gasteiger partial charge < -0.3 is 10.6 Å². The van der Waals surface area contributed by atoms with E-state index in [1.54, 1.807) is 0 Å². The zero-order valence-corrected chi connectivity index (χ0v) is 10.5. The lowest BCUT2D eigenvalue weighted by Crippen LogP contribution is -2.28. The smallest absolute Gasteiger partial charge is 0.269 e. The Balaban J connectivity index is 2.09. The summed E-state index contributed by atoms with van der Waals surface area (Å²) in [7, 11) is 0. The number of nitrogens with zero attached hydrogens (tertiary/aromatic N) is 1. The molecule has 6 nitrogen and oxygen atoms in total. The number of H-pyrrole nitrogens is 1. The highest BCUT2D eigenvalue weighted by molar-refractivity contribution is 5.75. The summed E-state index contributed by atoms with van der Waals surface area (Å²) < 4.78 is 0. The fraction of sp³-hybridized carbons (Fsp3) is 0.583. The van der Waals surface area contributed by atoms with E-state index < -0.39 is 0 Å². The lowest BCUT2D eigenvalue weighted by Gasteiger charge is -2.19. The van der Waals surface area contributed by atoms with Gasteiger partial charge in [0.25, 0.3) is 5.56 Å². The molecule has 1 aromatic heterocycles. The van der Waals surface area contributed by atoms with Crippen LogP contribution in [-0.4, -0.2) is 29.2 Å². The summed E-state index contributed by atoms with van der Waals surface area (Å²) in [4.78, 5) is 22.8. The first-order valence-corrected chi connectivity index (χ1v) is 6.33. The third kappa shape index (κ3) is 2.69. The molecular weight excluding hydrogens is 232 g/mol. The molecule has 0 saturated heterocycles. The van der Waals surface area contributed by atoms with Gasteiger partial charge in [0.2, 0.25) is 5.91 Å². The molecule has 0 saturated carbocycles. The standard InChI is InChI=1S/C12H18N4O2/c1-2-10(17)13-7-5-9-11-8(4-3-6-14-11)12(18)16-15-9/h14H,2-7H2,1H3,(H,13,17)(H,16,18). The minimum Gasteiger partial charge on any atom is -0.383 e. The molecule has 0 aliphatic carbocycles. The Kier molecular flexibility index (Phi) is 3.96. The number of fused-ring (bicyclic) bond motifs is 1. The third-order valence-corrected chi connectivity index (χ3v) is 3.07. The summed E-state index contributed by atoms with van der Waals surface area (Å²) >= 11 is 0. The predicted molar refractivity (Wildman–Crippen MR) is 68.7 cm³/mol. The Labute approximate surface area is 105 Å². The summed E-state index contributed by atoms with van der Waals surface area (Å²) in [5, 5.41) is 12.6. The topological polar surface area (TPSA) is 86.9 Å². The molecular formula is C12H18N4O2. The van der Waals surface area contributed by atoms with E-state index in [0.29, 0.717) is 19.4 Å². The Hall–Kier alpha value is -1.85. The quantitative estimate of drug-likeness (QED) is 0.712. The van der Waals surface area contributed by atoms with Crippen LogP contribution in [0.2, 0.25) is 0 Å². The van der Waals surface area contributed by atoms with Gasteiger partial charge in [-0.1, -0.05) is 6.92 Å². The summed E-state index contributed by atoms with van der Waals surface area (Å²) in [5.74, 6) is 0.0289. The average molecular weight is 250 g/mol. The molecule has 2 heterocycles. The normalized spacial score (nSPS) is 13.6. The highest BCUT2D eigenvalue weighted by Gasteiger charge is 2.17. The third-order valence-electron chi connectivity index (χ3n) is 3.07. The van der Waals surface area contributed by atoms with Crippen LogP contribution in [0, 0.1) is 0 Å². The van der Waals surface area contributed by atoms with Crippen LogP contribution in [0.15, 0.2) is 4.79 Å². The maximum Gasteiger partial charge on any atom is 0.269 e. The van der Waals surface area contributed by atoms with Gasteiger partial charge in [-0.3, -0.25) is 9.59 Å². The first-order chi connectivity index (χ1) is 8.72. The molecule has 0 spiro atoms. The van der Waals surface area contributed by atoms with Crippen LogP contribution in [0.5, 0.6) is 0 Å². The molecule has 0 unspecified atom stereocenters. The van der Waals surface area contributed by atoms with E-state index in [-0.39, 0.29) is 11.5 Å². The molecule has 0 bridgehead atoms. The van der Waals surface area contributed by atoms with Gasteiger partial charge in [-0.2, -0.15) is 5.10 Å². The first kappa shape index (κ1) is 12.6. The monoisotopic (exact) mass is 250 g/mol. The fourth-order valence-electron chi connectivity index (χ4n) is 2.08.